The van der Waals surface area contributed by atoms with Crippen LogP contribution in [0.15, 0.2) is 55.1 Å². The molecule has 0 bridgehead atoms. The number of nitrogens with one attached hydrogen (secondary N) is 1. The molecule has 6 heteroatoms. The smallest absolute Gasteiger partial charge is 0.251 e. The topological polar surface area (TPSA) is 66.0 Å². The molecule has 0 unspecified atom stereocenters. The highest BCUT2D eigenvalue weighted by Gasteiger charge is 2.11. The second kappa shape index (κ2) is 9.98. The Kier molecular flexibility index (Phi) is 7.36. The quantitative estimate of drug-likeness (QED) is 0.523. The van der Waals surface area contributed by atoms with Crippen molar-refractivity contribution in [2.75, 3.05) is 34.0 Å². The maximum absolute atomic E-state index is 12.3. The van der Waals surface area contributed by atoms with Crippen molar-refractivity contribution in [3.8, 4) is 23.0 Å². The average Bonchev–Trinajstić information content (AvgIpc) is 2.69. The van der Waals surface area contributed by atoms with E-state index in [2.05, 4.69) is 11.9 Å². The monoisotopic (exact) mass is 357 g/mol. The van der Waals surface area contributed by atoms with E-state index in [1.165, 1.54) is 7.11 Å². The number of amides is 1. The molecule has 0 aliphatic carbocycles. The van der Waals surface area contributed by atoms with Gasteiger partial charge in [0.25, 0.3) is 5.91 Å². The molecule has 0 aliphatic rings. The molecule has 0 aliphatic heterocycles. The molecule has 6 nitrogen and oxygen atoms in total. The summed E-state index contributed by atoms with van der Waals surface area (Å²) < 4.78 is 21.6. The van der Waals surface area contributed by atoms with Gasteiger partial charge in [0, 0.05) is 5.56 Å². The number of methoxy groups -OCH3 is 2. The third-order valence-corrected chi connectivity index (χ3v) is 3.50. The zero-order valence-electron chi connectivity index (χ0n) is 15.0. The summed E-state index contributed by atoms with van der Waals surface area (Å²) in [5.41, 5.74) is 0.477. The van der Waals surface area contributed by atoms with Gasteiger partial charge in [-0.15, -0.1) is 0 Å². The van der Waals surface area contributed by atoms with Crippen LogP contribution in [0.2, 0.25) is 0 Å². The highest BCUT2D eigenvalue weighted by atomic mass is 16.5. The molecule has 0 atom stereocenters. The van der Waals surface area contributed by atoms with E-state index in [0.29, 0.717) is 48.3 Å². The molecule has 2 rings (SSSR count). The van der Waals surface area contributed by atoms with Crippen LogP contribution in [0.3, 0.4) is 0 Å². The van der Waals surface area contributed by atoms with Crippen LogP contribution in [0.1, 0.15) is 10.4 Å². The second-order valence-corrected chi connectivity index (χ2v) is 5.22. The summed E-state index contributed by atoms with van der Waals surface area (Å²) in [5, 5.41) is 2.80. The predicted octanol–water partition coefficient (Wildman–Crippen LogP) is 3.08. The van der Waals surface area contributed by atoms with E-state index >= 15 is 0 Å². The zero-order valence-corrected chi connectivity index (χ0v) is 15.0. The fraction of sp³-hybridized carbons (Fsp3) is 0.250. The molecule has 0 fully saturated rings. The summed E-state index contributed by atoms with van der Waals surface area (Å²) in [7, 11) is 3.11. The molecule has 138 valence electrons. The highest BCUT2D eigenvalue weighted by molar-refractivity contribution is 5.94. The maximum Gasteiger partial charge on any atom is 0.251 e. The number of carbonyl (C=O) groups is 1. The van der Waals surface area contributed by atoms with Crippen molar-refractivity contribution in [1.82, 2.24) is 5.32 Å². The highest BCUT2D eigenvalue weighted by Crippen LogP contribution is 2.28. The SMILES string of the molecule is C=CCOc1ccc(C(=O)NCCOc2ccccc2OC)cc1OC. The normalized spacial score (nSPS) is 9.92. The third-order valence-electron chi connectivity index (χ3n) is 3.50. The van der Waals surface area contributed by atoms with Crippen molar-refractivity contribution in [1.29, 1.82) is 0 Å². The van der Waals surface area contributed by atoms with Gasteiger partial charge in [0.2, 0.25) is 0 Å². The fourth-order valence-electron chi connectivity index (χ4n) is 2.24. The van der Waals surface area contributed by atoms with E-state index in [1.807, 2.05) is 24.3 Å². The first-order valence-corrected chi connectivity index (χ1v) is 8.15. The molecule has 0 aromatic heterocycles. The summed E-state index contributed by atoms with van der Waals surface area (Å²) in [6.45, 7) is 4.64. The fourth-order valence-corrected chi connectivity index (χ4v) is 2.24. The third kappa shape index (κ3) is 5.17. The number of carbonyl (C=O) groups excluding carboxylic acids is 1. The van der Waals surface area contributed by atoms with Gasteiger partial charge in [0.15, 0.2) is 23.0 Å². The molecule has 1 N–H and O–H groups in total. The lowest BCUT2D eigenvalue weighted by Gasteiger charge is -2.12. The van der Waals surface area contributed by atoms with Crippen LogP contribution in [-0.4, -0.2) is 39.9 Å². The molecule has 1 amide bonds. The summed E-state index contributed by atoms with van der Waals surface area (Å²) in [4.78, 5) is 12.3. The minimum atomic E-state index is -0.220. The Morgan fingerprint density at radius 2 is 1.69 bits per heavy atom. The summed E-state index contributed by atoms with van der Waals surface area (Å²) in [5.74, 6) is 2.11. The Morgan fingerprint density at radius 1 is 1.00 bits per heavy atom. The number of benzene rings is 2. The Morgan fingerprint density at radius 3 is 2.38 bits per heavy atom. The van der Waals surface area contributed by atoms with Gasteiger partial charge in [-0.1, -0.05) is 24.8 Å². The van der Waals surface area contributed by atoms with Gasteiger partial charge in [-0.05, 0) is 30.3 Å². The first-order chi connectivity index (χ1) is 12.7. The van der Waals surface area contributed by atoms with Crippen LogP contribution in [0.5, 0.6) is 23.0 Å². The minimum absolute atomic E-state index is 0.220. The molecule has 0 heterocycles. The lowest BCUT2D eigenvalue weighted by Crippen LogP contribution is -2.28. The Hall–Kier alpha value is -3.15. The lowest BCUT2D eigenvalue weighted by molar-refractivity contribution is 0.0946. The van der Waals surface area contributed by atoms with Gasteiger partial charge in [0.05, 0.1) is 20.8 Å². The molecule has 0 spiro atoms. The van der Waals surface area contributed by atoms with E-state index < -0.39 is 0 Å². The Balaban J connectivity index is 1.88. The number of hydrogen-bond acceptors (Lipinski definition) is 5. The molecule has 0 radical (unpaired) electrons. The zero-order chi connectivity index (χ0) is 18.8. The van der Waals surface area contributed by atoms with Crippen molar-refractivity contribution in [3.05, 3.63) is 60.7 Å². The van der Waals surface area contributed by atoms with Crippen LogP contribution < -0.4 is 24.3 Å². The molecule has 26 heavy (non-hydrogen) atoms. The largest absolute Gasteiger partial charge is 0.493 e. The summed E-state index contributed by atoms with van der Waals surface area (Å²) >= 11 is 0. The second-order valence-electron chi connectivity index (χ2n) is 5.22. The standard InChI is InChI=1S/C20H23NO5/c1-4-12-25-18-10-9-15(14-19(18)24-3)20(22)21-11-13-26-17-8-6-5-7-16(17)23-2/h4-10,14H,1,11-13H2,2-3H3,(H,21,22). The van der Waals surface area contributed by atoms with Crippen molar-refractivity contribution >= 4 is 5.91 Å². The van der Waals surface area contributed by atoms with Crippen LogP contribution in [0.4, 0.5) is 0 Å². The first-order valence-electron chi connectivity index (χ1n) is 8.15. The van der Waals surface area contributed by atoms with Crippen molar-refractivity contribution in [2.24, 2.45) is 0 Å². The maximum atomic E-state index is 12.3. The summed E-state index contributed by atoms with van der Waals surface area (Å²) in [6, 6.07) is 12.4. The number of rotatable bonds is 10. The van der Waals surface area contributed by atoms with Crippen LogP contribution >= 0.6 is 0 Å². The molecular formula is C20H23NO5. The first kappa shape index (κ1) is 19.2. The molecule has 0 saturated heterocycles. The van der Waals surface area contributed by atoms with E-state index in [0.717, 1.165) is 0 Å². The molecular weight excluding hydrogens is 334 g/mol. The van der Waals surface area contributed by atoms with Crippen molar-refractivity contribution in [2.45, 2.75) is 0 Å². The Labute approximate surface area is 153 Å². The van der Waals surface area contributed by atoms with Crippen molar-refractivity contribution < 1.29 is 23.7 Å². The van der Waals surface area contributed by atoms with E-state index in [-0.39, 0.29) is 5.91 Å². The Bertz CT molecular complexity index is 745. The van der Waals surface area contributed by atoms with Gasteiger partial charge in [-0.3, -0.25) is 4.79 Å². The minimum Gasteiger partial charge on any atom is -0.493 e. The van der Waals surface area contributed by atoms with Crippen LogP contribution in [0, 0.1) is 0 Å². The molecule has 0 saturated carbocycles. The molecule has 2 aromatic rings. The van der Waals surface area contributed by atoms with Gasteiger partial charge >= 0.3 is 0 Å². The van der Waals surface area contributed by atoms with E-state index in [1.54, 1.807) is 31.4 Å². The van der Waals surface area contributed by atoms with Gasteiger partial charge < -0.3 is 24.3 Å². The van der Waals surface area contributed by atoms with Gasteiger partial charge in [0.1, 0.15) is 13.2 Å². The van der Waals surface area contributed by atoms with Crippen LogP contribution in [-0.2, 0) is 0 Å². The van der Waals surface area contributed by atoms with E-state index in [9.17, 15) is 4.79 Å². The number of hydrogen-bond donors (Lipinski definition) is 1. The average molecular weight is 357 g/mol. The summed E-state index contributed by atoms with van der Waals surface area (Å²) in [6.07, 6.45) is 1.64. The lowest BCUT2D eigenvalue weighted by atomic mass is 10.2. The van der Waals surface area contributed by atoms with Gasteiger partial charge in [-0.2, -0.15) is 0 Å². The van der Waals surface area contributed by atoms with E-state index in [4.69, 9.17) is 18.9 Å². The van der Waals surface area contributed by atoms with Crippen LogP contribution in [0.25, 0.3) is 0 Å². The number of para-hydroxylation sites is 2. The predicted molar refractivity (Wildman–Crippen MR) is 99.5 cm³/mol. The van der Waals surface area contributed by atoms with Crippen molar-refractivity contribution in [3.63, 3.8) is 0 Å². The van der Waals surface area contributed by atoms with Gasteiger partial charge in [-0.25, -0.2) is 0 Å². The number of ether oxygens (including phenoxy) is 4. The molecule has 2 aromatic carbocycles.